The molecule has 1 saturated carbocycles. The van der Waals surface area contributed by atoms with E-state index in [0.717, 1.165) is 41.3 Å². The lowest BCUT2D eigenvalue weighted by Crippen LogP contribution is -2.43. The summed E-state index contributed by atoms with van der Waals surface area (Å²) < 4.78 is 5.98. The summed E-state index contributed by atoms with van der Waals surface area (Å²) in [6.45, 7) is 9.06. The molecule has 3 rings (SSSR count). The van der Waals surface area contributed by atoms with Gasteiger partial charge in [-0.05, 0) is 68.3 Å². The number of Topliss-reactive ketones (excluding diaryl/α,β-unsaturated/α-hetero) is 1. The number of carbonyl (C=O) groups is 2. The van der Waals surface area contributed by atoms with Crippen molar-refractivity contribution < 1.29 is 14.3 Å². The highest BCUT2D eigenvalue weighted by Gasteiger charge is 2.35. The van der Waals surface area contributed by atoms with E-state index in [1.165, 1.54) is 25.7 Å². The second-order valence-electron chi connectivity index (χ2n) is 8.14. The predicted molar refractivity (Wildman–Crippen MR) is 109 cm³/mol. The average molecular weight is 437 g/mol. The lowest BCUT2D eigenvalue weighted by molar-refractivity contribution is -0.141. The molecule has 0 radical (unpaired) electrons. The molecule has 0 unspecified atom stereocenters. The fourth-order valence-electron chi connectivity index (χ4n) is 4.55. The quantitative estimate of drug-likeness (QED) is 0.391. The van der Waals surface area contributed by atoms with E-state index in [-0.39, 0.29) is 6.10 Å². The second-order valence-corrected chi connectivity index (χ2v) is 8.94. The maximum atomic E-state index is 12.9. The standard InChI is InChI=1S/C21H29BrN2O3/c1-12(2)27-21(26)20(25)17-13(3)23-14(4)18(22)19(17)24-10-9-15-7-5-6-8-16(15)11-24/h12,15-16H,5-11H2,1-4H3/t15-,16-/m1/s1. The smallest absolute Gasteiger partial charge is 0.380 e. The maximum Gasteiger partial charge on any atom is 0.380 e. The van der Waals surface area contributed by atoms with Crippen LogP contribution in [0.15, 0.2) is 4.47 Å². The van der Waals surface area contributed by atoms with Gasteiger partial charge in [-0.1, -0.05) is 19.3 Å². The third-order valence-corrected chi connectivity index (χ3v) is 6.77. The van der Waals surface area contributed by atoms with E-state index in [4.69, 9.17) is 4.74 Å². The topological polar surface area (TPSA) is 59.5 Å². The van der Waals surface area contributed by atoms with Crippen LogP contribution in [-0.2, 0) is 9.53 Å². The molecule has 0 N–H and O–H groups in total. The molecule has 5 nitrogen and oxygen atoms in total. The van der Waals surface area contributed by atoms with E-state index in [2.05, 4.69) is 25.8 Å². The first-order valence-electron chi connectivity index (χ1n) is 9.96. The van der Waals surface area contributed by atoms with Gasteiger partial charge in [0.05, 0.1) is 33.2 Å². The average Bonchev–Trinajstić information content (AvgIpc) is 2.63. The molecular weight excluding hydrogens is 408 g/mol. The summed E-state index contributed by atoms with van der Waals surface area (Å²) in [5, 5.41) is 0. The number of nitrogens with zero attached hydrogens (tertiary/aromatic N) is 2. The van der Waals surface area contributed by atoms with Crippen molar-refractivity contribution in [2.45, 2.75) is 65.9 Å². The summed E-state index contributed by atoms with van der Waals surface area (Å²) in [7, 11) is 0. The molecule has 6 heteroatoms. The lowest BCUT2D eigenvalue weighted by Gasteiger charge is -2.43. The second kappa shape index (κ2) is 8.29. The van der Waals surface area contributed by atoms with Crippen molar-refractivity contribution in [3.05, 3.63) is 21.4 Å². The normalized spacial score (nSPS) is 22.5. The lowest BCUT2D eigenvalue weighted by atomic mass is 9.75. The molecule has 2 atom stereocenters. The Morgan fingerprint density at radius 1 is 1.11 bits per heavy atom. The van der Waals surface area contributed by atoms with Crippen molar-refractivity contribution in [3.63, 3.8) is 0 Å². The summed E-state index contributed by atoms with van der Waals surface area (Å²) in [4.78, 5) is 32.1. The highest BCUT2D eigenvalue weighted by molar-refractivity contribution is 9.10. The number of pyridine rings is 1. The molecule has 1 saturated heterocycles. The van der Waals surface area contributed by atoms with E-state index < -0.39 is 11.8 Å². The number of carbonyl (C=O) groups excluding carboxylic acids is 2. The fraction of sp³-hybridized carbons (Fsp3) is 0.667. The van der Waals surface area contributed by atoms with Crippen LogP contribution in [0.25, 0.3) is 0 Å². The van der Waals surface area contributed by atoms with Crippen molar-refractivity contribution in [3.8, 4) is 0 Å². The van der Waals surface area contributed by atoms with Crippen LogP contribution in [-0.4, -0.2) is 35.9 Å². The van der Waals surface area contributed by atoms with Gasteiger partial charge < -0.3 is 9.64 Å². The zero-order valence-electron chi connectivity index (χ0n) is 16.7. The summed E-state index contributed by atoms with van der Waals surface area (Å²) in [6.07, 6.45) is 6.01. The zero-order valence-corrected chi connectivity index (χ0v) is 18.3. The van der Waals surface area contributed by atoms with Gasteiger partial charge in [0.15, 0.2) is 0 Å². The zero-order chi connectivity index (χ0) is 19.7. The van der Waals surface area contributed by atoms with Crippen LogP contribution in [0.2, 0.25) is 0 Å². The number of hydrogen-bond acceptors (Lipinski definition) is 5. The molecule has 1 aromatic rings. The minimum atomic E-state index is -0.806. The molecule has 27 heavy (non-hydrogen) atoms. The number of esters is 1. The van der Waals surface area contributed by atoms with E-state index in [1.807, 2.05) is 6.92 Å². The van der Waals surface area contributed by atoms with E-state index >= 15 is 0 Å². The maximum absolute atomic E-state index is 12.9. The Bertz CT molecular complexity index is 747. The van der Waals surface area contributed by atoms with Crippen molar-refractivity contribution in [1.29, 1.82) is 0 Å². The first-order chi connectivity index (χ1) is 12.8. The Morgan fingerprint density at radius 3 is 2.44 bits per heavy atom. The van der Waals surface area contributed by atoms with Crippen molar-refractivity contribution in [2.24, 2.45) is 11.8 Å². The van der Waals surface area contributed by atoms with Gasteiger partial charge in [0, 0.05) is 13.1 Å². The number of anilines is 1. The van der Waals surface area contributed by atoms with Gasteiger partial charge in [-0.2, -0.15) is 0 Å². The number of ether oxygens (including phenoxy) is 1. The third kappa shape index (κ3) is 4.20. The summed E-state index contributed by atoms with van der Waals surface area (Å²) in [6, 6.07) is 0. The summed E-state index contributed by atoms with van der Waals surface area (Å²) >= 11 is 3.65. The van der Waals surface area contributed by atoms with Crippen molar-refractivity contribution in [2.75, 3.05) is 18.0 Å². The largest absolute Gasteiger partial charge is 0.457 e. The number of aromatic nitrogens is 1. The molecule has 2 fully saturated rings. The van der Waals surface area contributed by atoms with Crippen LogP contribution in [0.3, 0.4) is 0 Å². The van der Waals surface area contributed by atoms with Crippen LogP contribution < -0.4 is 4.90 Å². The number of ketones is 1. The van der Waals surface area contributed by atoms with E-state index in [1.54, 1.807) is 20.8 Å². The van der Waals surface area contributed by atoms with Crippen LogP contribution in [0.5, 0.6) is 0 Å². The monoisotopic (exact) mass is 436 g/mol. The summed E-state index contributed by atoms with van der Waals surface area (Å²) in [5.74, 6) is 0.0521. The molecule has 1 aliphatic heterocycles. The number of aryl methyl sites for hydroxylation is 2. The van der Waals surface area contributed by atoms with Gasteiger partial charge >= 0.3 is 5.97 Å². The Kier molecular flexibility index (Phi) is 6.24. The van der Waals surface area contributed by atoms with E-state index in [0.29, 0.717) is 17.2 Å². The number of hydrogen-bond donors (Lipinski definition) is 0. The first-order valence-corrected chi connectivity index (χ1v) is 10.8. The Balaban J connectivity index is 1.98. The highest BCUT2D eigenvalue weighted by Crippen LogP contribution is 2.41. The number of halogens is 1. The van der Waals surface area contributed by atoms with Crippen molar-refractivity contribution in [1.82, 2.24) is 4.98 Å². The van der Waals surface area contributed by atoms with Gasteiger partial charge in [-0.3, -0.25) is 9.78 Å². The van der Waals surface area contributed by atoms with Crippen LogP contribution in [0, 0.1) is 25.7 Å². The molecule has 2 heterocycles. The molecule has 0 spiro atoms. The predicted octanol–water partition coefficient (Wildman–Crippen LogP) is 4.61. The van der Waals surface area contributed by atoms with Crippen LogP contribution in [0.1, 0.15) is 67.7 Å². The minimum absolute atomic E-state index is 0.329. The van der Waals surface area contributed by atoms with Gasteiger partial charge in [0.1, 0.15) is 0 Å². The van der Waals surface area contributed by atoms with Gasteiger partial charge in [0.2, 0.25) is 0 Å². The number of rotatable bonds is 4. The van der Waals surface area contributed by atoms with Gasteiger partial charge in [-0.25, -0.2) is 4.79 Å². The molecule has 1 aliphatic carbocycles. The number of piperidine rings is 1. The van der Waals surface area contributed by atoms with E-state index in [9.17, 15) is 9.59 Å². The molecule has 0 aromatic carbocycles. The number of fused-ring (bicyclic) bond motifs is 1. The van der Waals surface area contributed by atoms with Gasteiger partial charge in [-0.15, -0.1) is 0 Å². The van der Waals surface area contributed by atoms with Crippen LogP contribution >= 0.6 is 15.9 Å². The molecule has 148 valence electrons. The van der Waals surface area contributed by atoms with Gasteiger partial charge in [0.25, 0.3) is 5.78 Å². The fourth-order valence-corrected chi connectivity index (χ4v) is 5.09. The Hall–Kier alpha value is -1.43. The SMILES string of the molecule is Cc1nc(C)c(C(=O)C(=O)OC(C)C)c(N2CC[C@H]3CCCC[C@@H]3C2)c1Br. The molecule has 2 aliphatic rings. The molecule has 0 amide bonds. The first kappa shape index (κ1) is 20.3. The van der Waals surface area contributed by atoms with Crippen LogP contribution in [0.4, 0.5) is 5.69 Å². The van der Waals surface area contributed by atoms with Crippen molar-refractivity contribution >= 4 is 33.4 Å². The molecule has 1 aromatic heterocycles. The minimum Gasteiger partial charge on any atom is -0.457 e. The molecule has 0 bridgehead atoms. The Morgan fingerprint density at radius 2 is 1.78 bits per heavy atom. The molecular formula is C21H29BrN2O3. The third-order valence-electron chi connectivity index (χ3n) is 5.82. The summed E-state index contributed by atoms with van der Waals surface area (Å²) in [5.41, 5.74) is 2.62. The highest BCUT2D eigenvalue weighted by atomic mass is 79.9. The Labute approximate surface area is 170 Å².